The monoisotopic (exact) mass is 178 g/mol. The summed E-state index contributed by atoms with van der Waals surface area (Å²) in [6.45, 7) is 1.72. The van der Waals surface area contributed by atoms with Crippen molar-refractivity contribution in [1.82, 2.24) is 0 Å². The molecule has 0 radical (unpaired) electrons. The second kappa shape index (κ2) is 3.76. The minimum absolute atomic E-state index is 0.118. The highest BCUT2D eigenvalue weighted by Gasteiger charge is 2.04. The lowest BCUT2D eigenvalue weighted by atomic mass is 10.1. The van der Waals surface area contributed by atoms with Crippen molar-refractivity contribution in [2.75, 3.05) is 0 Å². The molecule has 1 aromatic carbocycles. The summed E-state index contributed by atoms with van der Waals surface area (Å²) in [5.74, 6) is -0.477. The second-order valence-corrected chi connectivity index (χ2v) is 2.60. The molecule has 2 N–H and O–H groups in total. The molecule has 0 amide bonds. The van der Waals surface area contributed by atoms with Crippen molar-refractivity contribution < 1.29 is 15.0 Å². The first-order chi connectivity index (χ1) is 6.13. The Morgan fingerprint density at radius 1 is 1.23 bits per heavy atom. The molecule has 1 rings (SSSR count). The molecule has 0 bridgehead atoms. The molecule has 0 unspecified atom stereocenters. The highest BCUT2D eigenvalue weighted by Crippen LogP contribution is 2.20. The van der Waals surface area contributed by atoms with Crippen LogP contribution in [-0.2, 0) is 0 Å². The number of benzene rings is 1. The molecule has 3 heteroatoms. The van der Waals surface area contributed by atoms with Crippen molar-refractivity contribution in [2.24, 2.45) is 0 Å². The third-order valence-electron chi connectivity index (χ3n) is 1.51. The average molecular weight is 178 g/mol. The lowest BCUT2D eigenvalue weighted by Crippen LogP contribution is -1.92. The first-order valence-electron chi connectivity index (χ1n) is 3.83. The van der Waals surface area contributed by atoms with E-state index in [1.807, 2.05) is 0 Å². The largest absolute Gasteiger partial charge is 0.508 e. The summed E-state index contributed by atoms with van der Waals surface area (Å²) >= 11 is 0. The van der Waals surface area contributed by atoms with Crippen molar-refractivity contribution in [3.05, 3.63) is 35.9 Å². The minimum atomic E-state index is -0.242. The number of phenols is 2. The first kappa shape index (κ1) is 9.32. The molecule has 68 valence electrons. The Hall–Kier alpha value is -1.77. The van der Waals surface area contributed by atoms with Crippen LogP contribution in [0.2, 0.25) is 0 Å². The summed E-state index contributed by atoms with van der Waals surface area (Å²) in [5, 5.41) is 18.1. The average Bonchev–Trinajstić information content (AvgIpc) is 2.03. The molecule has 0 aliphatic heterocycles. The van der Waals surface area contributed by atoms with Gasteiger partial charge in [0, 0.05) is 11.6 Å². The zero-order valence-corrected chi connectivity index (χ0v) is 7.19. The van der Waals surface area contributed by atoms with Crippen LogP contribution in [0, 0.1) is 0 Å². The van der Waals surface area contributed by atoms with Gasteiger partial charge in [0.25, 0.3) is 0 Å². The molecule has 0 aromatic heterocycles. The fraction of sp³-hybridized carbons (Fsp3) is 0.100. The number of hydrogen-bond acceptors (Lipinski definition) is 3. The summed E-state index contributed by atoms with van der Waals surface area (Å²) < 4.78 is 0. The number of hydrogen-bond donors (Lipinski definition) is 2. The van der Waals surface area contributed by atoms with Gasteiger partial charge in [-0.15, -0.1) is 0 Å². The Kier molecular flexibility index (Phi) is 2.69. The molecule has 0 heterocycles. The van der Waals surface area contributed by atoms with Gasteiger partial charge in [0.1, 0.15) is 11.5 Å². The maximum Gasteiger partial charge on any atom is 0.185 e. The lowest BCUT2D eigenvalue weighted by Gasteiger charge is -1.98. The normalized spacial score (nSPS) is 10.5. The van der Waals surface area contributed by atoms with Crippen LogP contribution < -0.4 is 0 Å². The molecule has 0 saturated carbocycles. The van der Waals surface area contributed by atoms with Crippen LogP contribution in [0.3, 0.4) is 0 Å². The number of carbonyl (C=O) groups excluding carboxylic acids is 1. The fourth-order valence-electron chi connectivity index (χ4n) is 0.985. The molecule has 0 atom stereocenters. The van der Waals surface area contributed by atoms with Crippen LogP contribution in [0.25, 0.3) is 0 Å². The predicted molar refractivity (Wildman–Crippen MR) is 48.9 cm³/mol. The Bertz CT molecular complexity index is 333. The van der Waals surface area contributed by atoms with Crippen molar-refractivity contribution in [3.63, 3.8) is 0 Å². The minimum Gasteiger partial charge on any atom is -0.508 e. The maximum absolute atomic E-state index is 11.2. The number of aromatic hydroxyl groups is 2. The molecule has 3 nitrogen and oxygen atoms in total. The quantitative estimate of drug-likeness (QED) is 0.536. The van der Waals surface area contributed by atoms with Gasteiger partial charge in [-0.1, -0.05) is 6.08 Å². The number of rotatable bonds is 2. The van der Waals surface area contributed by atoms with E-state index in [0.717, 1.165) is 0 Å². The van der Waals surface area contributed by atoms with E-state index in [1.165, 1.54) is 24.3 Å². The van der Waals surface area contributed by atoms with Gasteiger partial charge in [0.15, 0.2) is 5.78 Å². The Balaban J connectivity index is 3.08. The second-order valence-electron chi connectivity index (χ2n) is 2.60. The maximum atomic E-state index is 11.2. The summed E-state index contributed by atoms with van der Waals surface area (Å²) in [5.41, 5.74) is 0.274. The predicted octanol–water partition coefficient (Wildman–Crippen LogP) is 1.86. The third kappa shape index (κ3) is 2.33. The van der Waals surface area contributed by atoms with Crippen molar-refractivity contribution in [2.45, 2.75) is 6.92 Å². The number of allylic oxidation sites excluding steroid dienone is 2. The molecule has 0 saturated heterocycles. The zero-order chi connectivity index (χ0) is 9.84. The fourth-order valence-corrected chi connectivity index (χ4v) is 0.985. The molecule has 1 aromatic rings. The van der Waals surface area contributed by atoms with Gasteiger partial charge in [0.05, 0.1) is 0 Å². The number of ketones is 1. The van der Waals surface area contributed by atoms with Crippen LogP contribution in [0.4, 0.5) is 0 Å². The van der Waals surface area contributed by atoms with Gasteiger partial charge in [-0.25, -0.2) is 0 Å². The lowest BCUT2D eigenvalue weighted by molar-refractivity contribution is 0.104. The molecule has 0 fully saturated rings. The van der Waals surface area contributed by atoms with E-state index in [-0.39, 0.29) is 22.8 Å². The van der Waals surface area contributed by atoms with Crippen LogP contribution in [0.15, 0.2) is 30.4 Å². The zero-order valence-electron chi connectivity index (χ0n) is 7.19. The van der Waals surface area contributed by atoms with Crippen molar-refractivity contribution in [3.8, 4) is 11.5 Å². The van der Waals surface area contributed by atoms with Crippen molar-refractivity contribution in [1.29, 1.82) is 0 Å². The Morgan fingerprint density at radius 3 is 2.23 bits per heavy atom. The summed E-state index contributed by atoms with van der Waals surface area (Å²) in [7, 11) is 0. The number of phenolic OH excluding ortho intramolecular Hbond substituents is 2. The van der Waals surface area contributed by atoms with E-state index in [9.17, 15) is 4.79 Å². The summed E-state index contributed by atoms with van der Waals surface area (Å²) in [6, 6.07) is 3.79. The number of carbonyl (C=O) groups is 1. The topological polar surface area (TPSA) is 57.5 Å². The van der Waals surface area contributed by atoms with E-state index in [2.05, 4.69) is 0 Å². The van der Waals surface area contributed by atoms with Crippen LogP contribution >= 0.6 is 0 Å². The Labute approximate surface area is 76.0 Å². The van der Waals surface area contributed by atoms with Crippen LogP contribution in [0.1, 0.15) is 17.3 Å². The van der Waals surface area contributed by atoms with E-state index in [0.29, 0.717) is 0 Å². The van der Waals surface area contributed by atoms with E-state index >= 15 is 0 Å². The SMILES string of the molecule is C/C=C/C(=O)c1cc(O)cc(O)c1. The molecular formula is C10H10O3. The van der Waals surface area contributed by atoms with Gasteiger partial charge in [-0.3, -0.25) is 4.79 Å². The summed E-state index contributed by atoms with van der Waals surface area (Å²) in [6.07, 6.45) is 2.97. The van der Waals surface area contributed by atoms with Gasteiger partial charge in [0.2, 0.25) is 0 Å². The highest BCUT2D eigenvalue weighted by molar-refractivity contribution is 6.04. The molecule has 0 spiro atoms. The van der Waals surface area contributed by atoms with Crippen molar-refractivity contribution >= 4 is 5.78 Å². The van der Waals surface area contributed by atoms with Gasteiger partial charge >= 0.3 is 0 Å². The molecule has 0 aliphatic carbocycles. The van der Waals surface area contributed by atoms with Crippen LogP contribution in [-0.4, -0.2) is 16.0 Å². The van der Waals surface area contributed by atoms with Crippen LogP contribution in [0.5, 0.6) is 11.5 Å². The summed E-state index contributed by atoms with van der Waals surface area (Å²) in [4.78, 5) is 11.2. The first-order valence-corrected chi connectivity index (χ1v) is 3.83. The van der Waals surface area contributed by atoms with Gasteiger partial charge < -0.3 is 10.2 Å². The standard InChI is InChI=1S/C10H10O3/c1-2-3-10(13)7-4-8(11)6-9(12)5-7/h2-6,11-12H,1H3/b3-2+. The van der Waals surface area contributed by atoms with E-state index in [4.69, 9.17) is 10.2 Å². The Morgan fingerprint density at radius 2 is 1.77 bits per heavy atom. The molecular weight excluding hydrogens is 168 g/mol. The van der Waals surface area contributed by atoms with E-state index in [1.54, 1.807) is 13.0 Å². The highest BCUT2D eigenvalue weighted by atomic mass is 16.3. The third-order valence-corrected chi connectivity index (χ3v) is 1.51. The molecule has 0 aliphatic rings. The van der Waals surface area contributed by atoms with E-state index < -0.39 is 0 Å². The van der Waals surface area contributed by atoms with Gasteiger partial charge in [-0.05, 0) is 25.1 Å². The smallest absolute Gasteiger partial charge is 0.185 e. The van der Waals surface area contributed by atoms with Gasteiger partial charge in [-0.2, -0.15) is 0 Å². The molecule has 13 heavy (non-hydrogen) atoms.